The molecule has 0 heterocycles. The van der Waals surface area contributed by atoms with Gasteiger partial charge in [0, 0.05) is 0 Å². The van der Waals surface area contributed by atoms with Crippen molar-refractivity contribution in [2.45, 2.75) is 4.90 Å². The van der Waals surface area contributed by atoms with Gasteiger partial charge in [-0.2, -0.15) is 0 Å². The lowest BCUT2D eigenvalue weighted by atomic mass is 10.3. The van der Waals surface area contributed by atoms with Crippen LogP contribution in [0.2, 0.25) is 0 Å². The molecule has 0 atom stereocenters. The van der Waals surface area contributed by atoms with E-state index in [1.807, 2.05) is 91.0 Å². The Balaban J connectivity index is 2.23. The molecule has 0 amide bonds. The highest BCUT2D eigenvalue weighted by Gasteiger charge is 2.49. The number of rotatable bonds is 5. The fourth-order valence-corrected chi connectivity index (χ4v) is 9.38. The van der Waals surface area contributed by atoms with Gasteiger partial charge >= 0.3 is 0 Å². The van der Waals surface area contributed by atoms with Crippen molar-refractivity contribution in [1.82, 2.24) is 0 Å². The molecular formula is C24H19O3PS. The Morgan fingerprint density at radius 1 is 0.517 bits per heavy atom. The zero-order valence-corrected chi connectivity index (χ0v) is 17.3. The quantitative estimate of drug-likeness (QED) is 0.369. The summed E-state index contributed by atoms with van der Waals surface area (Å²) in [6.45, 7) is 0. The third-order valence-electron chi connectivity index (χ3n) is 4.93. The second kappa shape index (κ2) is 7.92. The van der Waals surface area contributed by atoms with Crippen LogP contribution in [-0.2, 0) is 10.1 Å². The molecule has 0 saturated heterocycles. The Hall–Kier alpha value is -2.78. The van der Waals surface area contributed by atoms with Crippen LogP contribution in [0.3, 0.4) is 0 Å². The summed E-state index contributed by atoms with van der Waals surface area (Å²) in [5.41, 5.74) is 0. The van der Waals surface area contributed by atoms with Gasteiger partial charge in [-0.05, 0) is 48.5 Å². The first-order valence-electron chi connectivity index (χ1n) is 9.16. The molecule has 0 aromatic heterocycles. The normalized spacial score (nSPS) is 11.9. The third-order valence-corrected chi connectivity index (χ3v) is 10.3. The number of hydrogen-bond donors (Lipinski definition) is 0. The van der Waals surface area contributed by atoms with Crippen molar-refractivity contribution in [3.05, 3.63) is 115 Å². The topological polar surface area (TPSA) is 57.2 Å². The molecule has 0 aliphatic rings. The molecule has 5 heteroatoms. The van der Waals surface area contributed by atoms with Gasteiger partial charge in [0.25, 0.3) is 0 Å². The average molecular weight is 418 g/mol. The van der Waals surface area contributed by atoms with Gasteiger partial charge < -0.3 is 4.55 Å². The van der Waals surface area contributed by atoms with Crippen LogP contribution >= 0.6 is 7.26 Å². The van der Waals surface area contributed by atoms with Gasteiger partial charge in [0.1, 0.15) is 38.6 Å². The summed E-state index contributed by atoms with van der Waals surface area (Å²) < 4.78 is 36.8. The second-order valence-electron chi connectivity index (χ2n) is 6.60. The smallest absolute Gasteiger partial charge is 0.145 e. The molecule has 3 nitrogen and oxygen atoms in total. The summed E-state index contributed by atoms with van der Waals surface area (Å²) in [5, 5.41) is 3.54. The average Bonchev–Trinajstić information content (AvgIpc) is 2.76. The molecule has 0 aliphatic heterocycles. The first-order valence-corrected chi connectivity index (χ1v) is 12.4. The fourth-order valence-electron chi connectivity index (χ4n) is 3.76. The van der Waals surface area contributed by atoms with Crippen molar-refractivity contribution in [2.75, 3.05) is 0 Å². The minimum atomic E-state index is -4.66. The Labute approximate surface area is 171 Å². The molecular weight excluding hydrogens is 399 g/mol. The molecule has 0 radical (unpaired) electrons. The summed E-state index contributed by atoms with van der Waals surface area (Å²) in [4.78, 5) is -0.162. The van der Waals surface area contributed by atoms with E-state index in [-0.39, 0.29) is 4.90 Å². The zero-order valence-electron chi connectivity index (χ0n) is 15.5. The second-order valence-corrected chi connectivity index (χ2v) is 11.3. The monoisotopic (exact) mass is 418 g/mol. The maximum absolute atomic E-state index is 12.3. The van der Waals surface area contributed by atoms with Gasteiger partial charge in [0.15, 0.2) is 0 Å². The first-order chi connectivity index (χ1) is 14.0. The van der Waals surface area contributed by atoms with Gasteiger partial charge in [0.2, 0.25) is 0 Å². The Morgan fingerprint density at radius 2 is 0.862 bits per heavy atom. The van der Waals surface area contributed by atoms with Gasteiger partial charge in [-0.25, -0.2) is 8.42 Å². The summed E-state index contributed by atoms with van der Waals surface area (Å²) in [6.07, 6.45) is 0. The molecule has 4 aromatic carbocycles. The van der Waals surface area contributed by atoms with Crippen LogP contribution in [0.1, 0.15) is 0 Å². The lowest BCUT2D eigenvalue weighted by Gasteiger charge is -2.29. The summed E-state index contributed by atoms with van der Waals surface area (Å²) in [5.74, 6) is 0. The minimum absolute atomic E-state index is 0.162. The van der Waals surface area contributed by atoms with Crippen molar-refractivity contribution in [2.24, 2.45) is 0 Å². The van der Waals surface area contributed by atoms with E-state index < -0.39 is 17.4 Å². The molecule has 29 heavy (non-hydrogen) atoms. The summed E-state index contributed by atoms with van der Waals surface area (Å²) >= 11 is 0. The van der Waals surface area contributed by atoms with E-state index in [2.05, 4.69) is 0 Å². The van der Waals surface area contributed by atoms with Crippen LogP contribution < -0.4 is 21.2 Å². The van der Waals surface area contributed by atoms with Gasteiger partial charge in [0.05, 0.1) is 4.90 Å². The van der Waals surface area contributed by atoms with E-state index in [0.29, 0.717) is 5.30 Å². The van der Waals surface area contributed by atoms with Crippen LogP contribution in [0.4, 0.5) is 0 Å². The van der Waals surface area contributed by atoms with Gasteiger partial charge in [-0.15, -0.1) is 0 Å². The standard InChI is InChI=1S/C24H19O3PS/c25-29(26,27)24-19-11-10-18-23(24)28(20-12-4-1-5-13-20,21-14-6-2-7-15-21)22-16-8-3-9-17-22/h1-19H. The third kappa shape index (κ3) is 3.51. The molecule has 0 fully saturated rings. The Kier molecular flexibility index (Phi) is 5.33. The van der Waals surface area contributed by atoms with Gasteiger partial charge in [-0.3, -0.25) is 0 Å². The van der Waals surface area contributed by atoms with Crippen molar-refractivity contribution in [3.63, 3.8) is 0 Å². The van der Waals surface area contributed by atoms with Crippen LogP contribution in [0.25, 0.3) is 0 Å². The first kappa shape index (κ1) is 19.5. The van der Waals surface area contributed by atoms with E-state index >= 15 is 0 Å². The van der Waals surface area contributed by atoms with E-state index in [9.17, 15) is 13.0 Å². The van der Waals surface area contributed by atoms with E-state index in [1.165, 1.54) is 6.07 Å². The van der Waals surface area contributed by atoms with Crippen LogP contribution in [0.5, 0.6) is 0 Å². The molecule has 0 saturated carbocycles. The van der Waals surface area contributed by atoms with Crippen LogP contribution in [0.15, 0.2) is 120 Å². The lowest BCUT2D eigenvalue weighted by Crippen LogP contribution is -2.40. The predicted octanol–water partition coefficient (Wildman–Crippen LogP) is 3.21. The molecule has 4 aromatic rings. The number of benzene rings is 4. The molecule has 0 aliphatic carbocycles. The Morgan fingerprint density at radius 3 is 1.24 bits per heavy atom. The largest absolute Gasteiger partial charge is 0.744 e. The van der Waals surface area contributed by atoms with E-state index in [4.69, 9.17) is 0 Å². The highest BCUT2D eigenvalue weighted by Crippen LogP contribution is 2.55. The molecule has 144 valence electrons. The molecule has 4 rings (SSSR count). The van der Waals surface area contributed by atoms with Gasteiger partial charge in [-0.1, -0.05) is 66.7 Å². The van der Waals surface area contributed by atoms with Crippen LogP contribution in [-0.4, -0.2) is 13.0 Å². The zero-order chi connectivity index (χ0) is 20.3. The highest BCUT2D eigenvalue weighted by molar-refractivity contribution is 8.02. The van der Waals surface area contributed by atoms with Crippen molar-refractivity contribution < 1.29 is 13.0 Å². The fraction of sp³-hybridized carbons (Fsp3) is 0. The minimum Gasteiger partial charge on any atom is -0.744 e. The number of hydrogen-bond acceptors (Lipinski definition) is 3. The van der Waals surface area contributed by atoms with Crippen molar-refractivity contribution in [1.29, 1.82) is 0 Å². The van der Waals surface area contributed by atoms with E-state index in [0.717, 1.165) is 15.9 Å². The van der Waals surface area contributed by atoms with E-state index in [1.54, 1.807) is 18.2 Å². The maximum Gasteiger partial charge on any atom is 0.145 e. The highest BCUT2D eigenvalue weighted by atomic mass is 32.2. The Bertz CT molecular complexity index is 1110. The molecule has 0 unspecified atom stereocenters. The maximum atomic E-state index is 12.3. The molecule has 0 spiro atoms. The van der Waals surface area contributed by atoms with Crippen molar-refractivity contribution >= 4 is 38.6 Å². The summed E-state index contributed by atoms with van der Waals surface area (Å²) in [6, 6.07) is 36.2. The SMILES string of the molecule is O=S(=O)([O-])c1ccccc1[P+](c1ccccc1)(c1ccccc1)c1ccccc1. The molecule has 0 bridgehead atoms. The predicted molar refractivity (Wildman–Crippen MR) is 119 cm³/mol. The van der Waals surface area contributed by atoms with Crippen LogP contribution in [0, 0.1) is 0 Å². The summed E-state index contributed by atoms with van der Waals surface area (Å²) in [7, 11) is -7.28. The lowest BCUT2D eigenvalue weighted by molar-refractivity contribution is 0.463. The van der Waals surface area contributed by atoms with Crippen molar-refractivity contribution in [3.8, 4) is 0 Å². The molecule has 0 N–H and O–H groups in total.